The van der Waals surface area contributed by atoms with Crippen LogP contribution < -0.4 is 0 Å². The second kappa shape index (κ2) is 4.52. The Labute approximate surface area is 94.9 Å². The van der Waals surface area contributed by atoms with E-state index in [2.05, 4.69) is 4.98 Å². The van der Waals surface area contributed by atoms with Crippen LogP contribution in [0.15, 0.2) is 17.6 Å². The highest BCUT2D eigenvalue weighted by molar-refractivity contribution is 7.89. The molecule has 0 spiro atoms. The molecule has 0 saturated carbocycles. The van der Waals surface area contributed by atoms with Gasteiger partial charge in [0.2, 0.25) is 0 Å². The summed E-state index contributed by atoms with van der Waals surface area (Å²) in [5.41, 5.74) is 0. The Morgan fingerprint density at radius 3 is 2.69 bits per heavy atom. The summed E-state index contributed by atoms with van der Waals surface area (Å²) in [6, 6.07) is 0. The zero-order valence-electron chi connectivity index (χ0n) is 9.16. The van der Waals surface area contributed by atoms with Gasteiger partial charge in [0.25, 0.3) is 10.0 Å². The van der Waals surface area contributed by atoms with Gasteiger partial charge in [0.1, 0.15) is 0 Å². The van der Waals surface area contributed by atoms with Gasteiger partial charge in [-0.15, -0.1) is 0 Å². The van der Waals surface area contributed by atoms with Crippen molar-refractivity contribution in [2.75, 3.05) is 26.3 Å². The highest BCUT2D eigenvalue weighted by atomic mass is 32.2. The fourth-order valence-corrected chi connectivity index (χ4v) is 2.91. The van der Waals surface area contributed by atoms with Crippen molar-refractivity contribution in [3.8, 4) is 0 Å². The molecule has 6 nitrogen and oxygen atoms in total. The number of morpholine rings is 1. The van der Waals surface area contributed by atoms with Gasteiger partial charge in [0, 0.05) is 25.8 Å². The molecule has 1 aromatic rings. The van der Waals surface area contributed by atoms with Crippen LogP contribution in [-0.4, -0.2) is 48.6 Å². The van der Waals surface area contributed by atoms with Crippen molar-refractivity contribution in [3.63, 3.8) is 0 Å². The van der Waals surface area contributed by atoms with Crippen molar-refractivity contribution >= 4 is 10.0 Å². The number of nitrogens with zero attached hydrogens (tertiary/aromatic N) is 3. The molecule has 0 N–H and O–H groups in total. The first-order chi connectivity index (χ1) is 7.64. The van der Waals surface area contributed by atoms with Crippen LogP contribution in [0.4, 0.5) is 0 Å². The minimum absolute atomic E-state index is 0.122. The molecule has 1 saturated heterocycles. The predicted octanol–water partition coefficient (Wildman–Crippen LogP) is -0.0761. The van der Waals surface area contributed by atoms with E-state index in [1.54, 1.807) is 10.8 Å². The first-order valence-electron chi connectivity index (χ1n) is 5.24. The molecule has 1 fully saturated rings. The molecule has 0 amide bonds. The zero-order valence-corrected chi connectivity index (χ0v) is 9.98. The van der Waals surface area contributed by atoms with Crippen LogP contribution in [0.25, 0.3) is 0 Å². The van der Waals surface area contributed by atoms with Crippen molar-refractivity contribution in [2.45, 2.75) is 18.5 Å². The van der Waals surface area contributed by atoms with E-state index in [1.807, 2.05) is 6.92 Å². The van der Waals surface area contributed by atoms with Crippen LogP contribution >= 0.6 is 0 Å². The van der Waals surface area contributed by atoms with Crippen LogP contribution in [0.1, 0.15) is 6.92 Å². The van der Waals surface area contributed by atoms with E-state index < -0.39 is 10.0 Å². The van der Waals surface area contributed by atoms with Crippen LogP contribution in [0.2, 0.25) is 0 Å². The third-order valence-corrected chi connectivity index (χ3v) is 4.33. The van der Waals surface area contributed by atoms with Gasteiger partial charge in [-0.05, 0) is 6.92 Å². The Balaban J connectivity index is 2.23. The third kappa shape index (κ3) is 2.11. The topological polar surface area (TPSA) is 64.4 Å². The SMILES string of the molecule is CCn1cnc(S(=O)(=O)N2CCOCC2)c1. The Kier molecular flexibility index (Phi) is 3.27. The Morgan fingerprint density at radius 1 is 1.44 bits per heavy atom. The second-order valence-electron chi connectivity index (χ2n) is 3.56. The smallest absolute Gasteiger partial charge is 0.262 e. The fraction of sp³-hybridized carbons (Fsp3) is 0.667. The zero-order chi connectivity index (χ0) is 11.6. The van der Waals surface area contributed by atoms with E-state index in [1.165, 1.54) is 10.6 Å². The van der Waals surface area contributed by atoms with Gasteiger partial charge in [0.05, 0.1) is 19.5 Å². The number of aromatic nitrogens is 2. The summed E-state index contributed by atoms with van der Waals surface area (Å²) < 4.78 is 32.5. The minimum Gasteiger partial charge on any atom is -0.379 e. The molecular weight excluding hydrogens is 230 g/mol. The number of aryl methyl sites for hydroxylation is 1. The van der Waals surface area contributed by atoms with Gasteiger partial charge in [-0.25, -0.2) is 13.4 Å². The number of imidazole rings is 1. The molecule has 0 aromatic carbocycles. The molecule has 0 unspecified atom stereocenters. The molecule has 1 aliphatic heterocycles. The Morgan fingerprint density at radius 2 is 2.12 bits per heavy atom. The van der Waals surface area contributed by atoms with E-state index in [0.29, 0.717) is 32.8 Å². The maximum Gasteiger partial charge on any atom is 0.262 e. The van der Waals surface area contributed by atoms with Gasteiger partial charge < -0.3 is 9.30 Å². The monoisotopic (exact) mass is 245 g/mol. The van der Waals surface area contributed by atoms with Gasteiger partial charge in [-0.1, -0.05) is 0 Å². The van der Waals surface area contributed by atoms with Gasteiger partial charge >= 0.3 is 0 Å². The van der Waals surface area contributed by atoms with Crippen molar-refractivity contribution in [1.29, 1.82) is 0 Å². The molecule has 16 heavy (non-hydrogen) atoms. The van der Waals surface area contributed by atoms with E-state index in [-0.39, 0.29) is 5.03 Å². The van der Waals surface area contributed by atoms with Gasteiger partial charge in [-0.3, -0.25) is 0 Å². The Hall–Kier alpha value is -0.920. The van der Waals surface area contributed by atoms with E-state index in [9.17, 15) is 8.42 Å². The highest BCUT2D eigenvalue weighted by Gasteiger charge is 2.28. The summed E-state index contributed by atoms with van der Waals surface area (Å²) in [7, 11) is -3.43. The van der Waals surface area contributed by atoms with Crippen molar-refractivity contribution < 1.29 is 13.2 Å². The highest BCUT2D eigenvalue weighted by Crippen LogP contribution is 2.14. The molecule has 0 radical (unpaired) electrons. The maximum absolute atomic E-state index is 12.1. The molecule has 0 atom stereocenters. The normalized spacial score (nSPS) is 18.8. The first kappa shape index (κ1) is 11.6. The summed E-state index contributed by atoms with van der Waals surface area (Å²) in [6.45, 7) is 4.36. The molecule has 7 heteroatoms. The lowest BCUT2D eigenvalue weighted by atomic mass is 10.5. The second-order valence-corrected chi connectivity index (χ2v) is 5.44. The largest absolute Gasteiger partial charge is 0.379 e. The van der Waals surface area contributed by atoms with Crippen LogP contribution in [0, 0.1) is 0 Å². The first-order valence-corrected chi connectivity index (χ1v) is 6.68. The van der Waals surface area contributed by atoms with Crippen molar-refractivity contribution in [1.82, 2.24) is 13.9 Å². The van der Waals surface area contributed by atoms with Crippen LogP contribution in [-0.2, 0) is 21.3 Å². The maximum atomic E-state index is 12.1. The predicted molar refractivity (Wildman–Crippen MR) is 57.5 cm³/mol. The summed E-state index contributed by atoms with van der Waals surface area (Å²) >= 11 is 0. The van der Waals surface area contributed by atoms with E-state index >= 15 is 0 Å². The van der Waals surface area contributed by atoms with Gasteiger partial charge in [-0.2, -0.15) is 4.31 Å². The number of sulfonamides is 1. The number of hydrogen-bond donors (Lipinski definition) is 0. The quantitative estimate of drug-likeness (QED) is 0.747. The Bertz CT molecular complexity index is 448. The standard InChI is InChI=1S/C9H15N3O3S/c1-2-11-7-9(10-8-11)16(13,14)12-3-5-15-6-4-12/h7-8H,2-6H2,1H3. The summed E-state index contributed by atoms with van der Waals surface area (Å²) in [5.74, 6) is 0. The molecule has 0 bridgehead atoms. The lowest BCUT2D eigenvalue weighted by molar-refractivity contribution is 0.0729. The van der Waals surface area contributed by atoms with Crippen molar-refractivity contribution in [3.05, 3.63) is 12.5 Å². The summed E-state index contributed by atoms with van der Waals surface area (Å²) in [6.07, 6.45) is 3.10. The molecule has 2 heterocycles. The lowest BCUT2D eigenvalue weighted by Crippen LogP contribution is -2.40. The number of ether oxygens (including phenoxy) is 1. The molecule has 1 aliphatic rings. The minimum atomic E-state index is -3.43. The average molecular weight is 245 g/mol. The van der Waals surface area contributed by atoms with E-state index in [0.717, 1.165) is 0 Å². The molecule has 1 aromatic heterocycles. The third-order valence-electron chi connectivity index (χ3n) is 2.55. The molecule has 2 rings (SSSR count). The molecular formula is C9H15N3O3S. The lowest BCUT2D eigenvalue weighted by Gasteiger charge is -2.24. The molecule has 90 valence electrons. The van der Waals surface area contributed by atoms with E-state index in [4.69, 9.17) is 4.74 Å². The van der Waals surface area contributed by atoms with Crippen molar-refractivity contribution in [2.24, 2.45) is 0 Å². The van der Waals surface area contributed by atoms with Crippen LogP contribution in [0.5, 0.6) is 0 Å². The average Bonchev–Trinajstić information content (AvgIpc) is 2.79. The summed E-state index contributed by atoms with van der Waals surface area (Å²) in [5, 5.41) is 0.122. The fourth-order valence-electron chi connectivity index (χ4n) is 1.56. The molecule has 0 aliphatic carbocycles. The number of rotatable bonds is 3. The number of hydrogen-bond acceptors (Lipinski definition) is 4. The summed E-state index contributed by atoms with van der Waals surface area (Å²) in [4.78, 5) is 3.93. The van der Waals surface area contributed by atoms with Gasteiger partial charge in [0.15, 0.2) is 5.03 Å². The van der Waals surface area contributed by atoms with Crippen LogP contribution in [0.3, 0.4) is 0 Å².